The molecule has 0 radical (unpaired) electrons. The van der Waals surface area contributed by atoms with Crippen LogP contribution in [-0.4, -0.2) is 67.3 Å². The van der Waals surface area contributed by atoms with Crippen LogP contribution >= 0.6 is 0 Å². The van der Waals surface area contributed by atoms with Gasteiger partial charge in [0.25, 0.3) is 0 Å². The highest BCUT2D eigenvalue weighted by Crippen LogP contribution is 2.40. The smallest absolute Gasteiger partial charge is 0.229 e. The molecule has 1 unspecified atom stereocenters. The maximum Gasteiger partial charge on any atom is 0.229 e. The zero-order valence-corrected chi connectivity index (χ0v) is 27.0. The summed E-state index contributed by atoms with van der Waals surface area (Å²) in [5.41, 5.74) is 5.46. The number of Topliss-reactive ketones (excluding diaryl/α,β-unsaturated/α-hetero) is 1. The van der Waals surface area contributed by atoms with Crippen LogP contribution in [0.2, 0.25) is 0 Å². The average molecular weight is 631 g/mol. The van der Waals surface area contributed by atoms with Crippen molar-refractivity contribution < 1.29 is 17.9 Å². The third-order valence-electron chi connectivity index (χ3n) is 8.83. The van der Waals surface area contributed by atoms with Crippen LogP contribution in [0.4, 0.5) is 11.5 Å². The molecule has 2 N–H and O–H groups in total. The van der Waals surface area contributed by atoms with Crippen molar-refractivity contribution in [3.8, 4) is 0 Å². The molecule has 0 amide bonds. The summed E-state index contributed by atoms with van der Waals surface area (Å²) >= 11 is 0. The molecule has 238 valence electrons. The molecule has 2 aliphatic rings. The van der Waals surface area contributed by atoms with Gasteiger partial charge in [0.15, 0.2) is 11.4 Å². The number of fused-ring (bicyclic) bond motifs is 1. The molecule has 6 rings (SSSR count). The van der Waals surface area contributed by atoms with E-state index in [9.17, 15) is 13.2 Å². The second kappa shape index (κ2) is 13.3. The van der Waals surface area contributed by atoms with Crippen molar-refractivity contribution in [2.24, 2.45) is 5.92 Å². The first-order chi connectivity index (χ1) is 21.6. The molecule has 3 atom stereocenters. The van der Waals surface area contributed by atoms with E-state index in [1.165, 1.54) is 0 Å². The SMILES string of the molecule is Cc1ccc(NS(C)(=O)=O)c(C(=O)C2CCCC[C@H]2c2cc3nc(N4CCN[C@@H](COCc5ccccc5)C4)c(C)cn3n2)c1. The van der Waals surface area contributed by atoms with Gasteiger partial charge in [0.05, 0.1) is 30.9 Å². The Labute approximate surface area is 265 Å². The van der Waals surface area contributed by atoms with Crippen molar-refractivity contribution in [1.29, 1.82) is 0 Å². The molecule has 0 bridgehead atoms. The fourth-order valence-electron chi connectivity index (χ4n) is 6.69. The zero-order chi connectivity index (χ0) is 31.6. The quantitative estimate of drug-likeness (QED) is 0.239. The van der Waals surface area contributed by atoms with Crippen LogP contribution in [0.5, 0.6) is 0 Å². The molecule has 3 heterocycles. The molecule has 1 saturated heterocycles. The van der Waals surface area contributed by atoms with Crippen molar-refractivity contribution in [1.82, 2.24) is 19.9 Å². The summed E-state index contributed by atoms with van der Waals surface area (Å²) in [6, 6.07) is 17.7. The number of piperazine rings is 1. The minimum absolute atomic E-state index is 0.0437. The summed E-state index contributed by atoms with van der Waals surface area (Å²) < 4.78 is 34.5. The number of hydrogen-bond acceptors (Lipinski definition) is 8. The van der Waals surface area contributed by atoms with Crippen molar-refractivity contribution >= 4 is 33.0 Å². The Morgan fingerprint density at radius 2 is 1.89 bits per heavy atom. The topological polar surface area (TPSA) is 118 Å². The maximum absolute atomic E-state index is 14.1. The Morgan fingerprint density at radius 1 is 1.09 bits per heavy atom. The summed E-state index contributed by atoms with van der Waals surface area (Å²) in [6.07, 6.45) is 6.66. The second-order valence-electron chi connectivity index (χ2n) is 12.5. The normalized spacial score (nSPS) is 20.8. The molecule has 2 aromatic heterocycles. The number of ketones is 1. The van der Waals surface area contributed by atoms with Gasteiger partial charge in [0, 0.05) is 60.9 Å². The van der Waals surface area contributed by atoms with Gasteiger partial charge >= 0.3 is 0 Å². The van der Waals surface area contributed by atoms with Gasteiger partial charge in [-0.15, -0.1) is 0 Å². The van der Waals surface area contributed by atoms with E-state index >= 15 is 0 Å². The molecule has 4 aromatic rings. The molecule has 1 aliphatic carbocycles. The lowest BCUT2D eigenvalue weighted by Gasteiger charge is -2.35. The van der Waals surface area contributed by atoms with Gasteiger partial charge in [-0.05, 0) is 44.4 Å². The summed E-state index contributed by atoms with van der Waals surface area (Å²) in [5, 5.41) is 8.51. The highest BCUT2D eigenvalue weighted by molar-refractivity contribution is 7.92. The third-order valence-corrected chi connectivity index (χ3v) is 9.42. The number of rotatable bonds is 10. The standard InChI is InChI=1S/C34H42N6O4S/c1-23-13-14-30(38-45(3,42)43)29(17-23)33(41)28-12-8-7-11-27(28)31-18-32-36-34(24(2)19-40(32)37-31)39-16-15-35-26(20-39)22-44-21-25-9-5-4-6-10-25/h4-6,9-10,13-14,17-19,26-28,35,38H,7-8,11-12,15-16,20-22H2,1-3H3/t26-,27-,28?/m1/s1. The number of ether oxygens (including phenoxy) is 1. The first-order valence-electron chi connectivity index (χ1n) is 15.7. The molecular formula is C34H42N6O4S. The van der Waals surface area contributed by atoms with Gasteiger partial charge in [-0.25, -0.2) is 17.9 Å². The number of aromatic nitrogens is 3. The fraction of sp³-hybridized carbons (Fsp3) is 0.441. The third kappa shape index (κ3) is 7.37. The van der Waals surface area contributed by atoms with E-state index in [1.54, 1.807) is 12.1 Å². The van der Waals surface area contributed by atoms with Crippen LogP contribution in [0.3, 0.4) is 0 Å². The Hall–Kier alpha value is -3.80. The Balaban J connectivity index is 1.21. The Kier molecular flexibility index (Phi) is 9.21. The molecule has 11 heteroatoms. The largest absolute Gasteiger partial charge is 0.375 e. The highest BCUT2D eigenvalue weighted by Gasteiger charge is 2.35. The highest BCUT2D eigenvalue weighted by atomic mass is 32.2. The monoisotopic (exact) mass is 630 g/mol. The van der Waals surface area contributed by atoms with Crippen LogP contribution in [0, 0.1) is 19.8 Å². The molecule has 0 spiro atoms. The number of carbonyl (C=O) groups is 1. The molecule has 2 fully saturated rings. The van der Waals surface area contributed by atoms with E-state index in [0.29, 0.717) is 24.5 Å². The molecular weight excluding hydrogens is 588 g/mol. The lowest BCUT2D eigenvalue weighted by Crippen LogP contribution is -2.53. The number of anilines is 2. The van der Waals surface area contributed by atoms with E-state index in [2.05, 4.69) is 34.0 Å². The number of aryl methyl sites for hydroxylation is 2. The molecule has 1 aliphatic heterocycles. The van der Waals surface area contributed by atoms with Gasteiger partial charge in [-0.2, -0.15) is 5.10 Å². The first kappa shape index (κ1) is 31.2. The van der Waals surface area contributed by atoms with E-state index in [-0.39, 0.29) is 23.7 Å². The number of hydrogen-bond donors (Lipinski definition) is 2. The minimum Gasteiger partial charge on any atom is -0.375 e. The van der Waals surface area contributed by atoms with E-state index < -0.39 is 10.0 Å². The van der Waals surface area contributed by atoms with Crippen LogP contribution in [0.15, 0.2) is 60.8 Å². The zero-order valence-electron chi connectivity index (χ0n) is 26.2. The van der Waals surface area contributed by atoms with Crippen molar-refractivity contribution in [3.63, 3.8) is 0 Å². The van der Waals surface area contributed by atoms with Crippen LogP contribution in [-0.2, 0) is 21.4 Å². The summed E-state index contributed by atoms with van der Waals surface area (Å²) in [5.74, 6) is 0.526. The summed E-state index contributed by atoms with van der Waals surface area (Å²) in [4.78, 5) is 21.4. The van der Waals surface area contributed by atoms with Gasteiger partial charge in [0.2, 0.25) is 10.0 Å². The lowest BCUT2D eigenvalue weighted by molar-refractivity contribution is 0.0867. The predicted octanol–water partition coefficient (Wildman–Crippen LogP) is 4.87. The molecule has 10 nitrogen and oxygen atoms in total. The molecule has 2 aromatic carbocycles. The van der Waals surface area contributed by atoms with Crippen LogP contribution in [0.25, 0.3) is 5.65 Å². The average Bonchev–Trinajstić information content (AvgIpc) is 3.44. The van der Waals surface area contributed by atoms with Gasteiger partial charge in [-0.3, -0.25) is 9.52 Å². The van der Waals surface area contributed by atoms with Crippen molar-refractivity contribution in [2.45, 2.75) is 58.1 Å². The number of sulfonamides is 1. The van der Waals surface area contributed by atoms with Gasteiger partial charge in [-0.1, -0.05) is 54.8 Å². The van der Waals surface area contributed by atoms with Crippen molar-refractivity contribution in [3.05, 3.63) is 88.7 Å². The Bertz CT molecular complexity index is 1770. The number of nitrogens with one attached hydrogen (secondary N) is 2. The summed E-state index contributed by atoms with van der Waals surface area (Å²) in [6.45, 7) is 7.66. The molecule has 1 saturated carbocycles. The maximum atomic E-state index is 14.1. The lowest BCUT2D eigenvalue weighted by atomic mass is 9.73. The fourth-order valence-corrected chi connectivity index (χ4v) is 7.27. The van der Waals surface area contributed by atoms with Gasteiger partial charge in [0.1, 0.15) is 5.82 Å². The van der Waals surface area contributed by atoms with E-state index in [0.717, 1.165) is 85.4 Å². The second-order valence-corrected chi connectivity index (χ2v) is 14.3. The number of benzene rings is 2. The Morgan fingerprint density at radius 3 is 2.69 bits per heavy atom. The number of carbonyl (C=O) groups excluding carboxylic acids is 1. The number of nitrogens with zero attached hydrogens (tertiary/aromatic N) is 4. The van der Waals surface area contributed by atoms with E-state index in [4.69, 9.17) is 14.8 Å². The summed E-state index contributed by atoms with van der Waals surface area (Å²) in [7, 11) is -3.54. The minimum atomic E-state index is -3.54. The van der Waals surface area contributed by atoms with Crippen molar-refractivity contribution in [2.75, 3.05) is 42.1 Å². The van der Waals surface area contributed by atoms with Crippen LogP contribution < -0.4 is 14.9 Å². The molecule has 45 heavy (non-hydrogen) atoms. The van der Waals surface area contributed by atoms with Gasteiger partial charge < -0.3 is 15.0 Å². The van der Waals surface area contributed by atoms with Crippen LogP contribution in [0.1, 0.15) is 64.3 Å². The first-order valence-corrected chi connectivity index (χ1v) is 17.6. The van der Waals surface area contributed by atoms with E-state index in [1.807, 2.05) is 48.0 Å². The predicted molar refractivity (Wildman–Crippen MR) is 177 cm³/mol.